The molecule has 0 bridgehead atoms. The Kier molecular flexibility index (Phi) is 6.24. The number of nitrogens with one attached hydrogen (secondary N) is 2. The SMILES string of the molecule is CCc1ccccc1Nc1nc(N)nc(CSc2n[nH]c(CC3CCCC3)n2)n1. The normalized spacial score (nSPS) is 14.4. The molecule has 4 N–H and O–H groups in total. The van der Waals surface area contributed by atoms with Gasteiger partial charge in [-0.3, -0.25) is 5.10 Å². The number of H-pyrrole nitrogens is 1. The zero-order valence-electron chi connectivity index (χ0n) is 16.6. The van der Waals surface area contributed by atoms with E-state index in [4.69, 9.17) is 5.73 Å². The smallest absolute Gasteiger partial charge is 0.232 e. The molecule has 1 fully saturated rings. The van der Waals surface area contributed by atoms with Crippen LogP contribution in [-0.4, -0.2) is 30.1 Å². The van der Waals surface area contributed by atoms with Crippen molar-refractivity contribution in [3.63, 3.8) is 0 Å². The maximum atomic E-state index is 5.90. The van der Waals surface area contributed by atoms with Gasteiger partial charge in [0, 0.05) is 12.1 Å². The monoisotopic (exact) mass is 410 g/mol. The molecule has 0 spiro atoms. The zero-order valence-corrected chi connectivity index (χ0v) is 17.4. The van der Waals surface area contributed by atoms with Gasteiger partial charge in [-0.25, -0.2) is 4.98 Å². The lowest BCUT2D eigenvalue weighted by molar-refractivity contribution is 0.531. The van der Waals surface area contributed by atoms with Crippen LogP contribution in [0.3, 0.4) is 0 Å². The highest BCUT2D eigenvalue weighted by atomic mass is 32.2. The molecule has 8 nitrogen and oxygen atoms in total. The molecule has 2 aromatic heterocycles. The number of aryl methyl sites for hydroxylation is 1. The topological polar surface area (TPSA) is 118 Å². The van der Waals surface area contributed by atoms with Gasteiger partial charge in [0.2, 0.25) is 17.1 Å². The Bertz CT molecular complexity index is 951. The molecule has 4 rings (SSSR count). The number of aromatic amines is 1. The lowest BCUT2D eigenvalue weighted by atomic mass is 10.0. The van der Waals surface area contributed by atoms with Crippen LogP contribution in [0, 0.1) is 5.92 Å². The van der Waals surface area contributed by atoms with Crippen LogP contribution < -0.4 is 11.1 Å². The molecule has 152 valence electrons. The van der Waals surface area contributed by atoms with Gasteiger partial charge in [0.1, 0.15) is 11.6 Å². The van der Waals surface area contributed by atoms with Crippen LogP contribution in [0.1, 0.15) is 49.8 Å². The van der Waals surface area contributed by atoms with Gasteiger partial charge >= 0.3 is 0 Å². The van der Waals surface area contributed by atoms with Crippen LogP contribution in [0.4, 0.5) is 17.6 Å². The molecule has 2 heterocycles. The maximum absolute atomic E-state index is 5.90. The Morgan fingerprint density at radius 1 is 1.14 bits per heavy atom. The molecular formula is C20H26N8S. The van der Waals surface area contributed by atoms with Crippen LogP contribution in [0.5, 0.6) is 0 Å². The second-order valence-corrected chi connectivity index (χ2v) is 8.22. The third-order valence-electron chi connectivity index (χ3n) is 5.14. The molecule has 0 amide bonds. The van der Waals surface area contributed by atoms with Crippen LogP contribution in [0.25, 0.3) is 0 Å². The van der Waals surface area contributed by atoms with E-state index in [9.17, 15) is 0 Å². The highest BCUT2D eigenvalue weighted by Crippen LogP contribution is 2.28. The van der Waals surface area contributed by atoms with E-state index in [2.05, 4.69) is 48.4 Å². The van der Waals surface area contributed by atoms with Gasteiger partial charge in [-0.1, -0.05) is 62.6 Å². The number of nitrogens with two attached hydrogens (primary N) is 1. The van der Waals surface area contributed by atoms with Crippen molar-refractivity contribution in [2.24, 2.45) is 5.92 Å². The summed E-state index contributed by atoms with van der Waals surface area (Å²) in [6.45, 7) is 2.11. The minimum Gasteiger partial charge on any atom is -0.368 e. The molecule has 9 heteroatoms. The second-order valence-electron chi connectivity index (χ2n) is 7.28. The van der Waals surface area contributed by atoms with E-state index in [1.165, 1.54) is 43.0 Å². The first-order valence-corrected chi connectivity index (χ1v) is 11.1. The molecule has 0 saturated heterocycles. The number of hydrogen-bond donors (Lipinski definition) is 3. The summed E-state index contributed by atoms with van der Waals surface area (Å²) in [5.74, 6) is 3.48. The van der Waals surface area contributed by atoms with E-state index in [1.807, 2.05) is 18.2 Å². The fourth-order valence-corrected chi connectivity index (χ4v) is 4.35. The van der Waals surface area contributed by atoms with Gasteiger partial charge in [0.05, 0.1) is 5.75 Å². The van der Waals surface area contributed by atoms with E-state index < -0.39 is 0 Å². The summed E-state index contributed by atoms with van der Waals surface area (Å²) in [5, 5.41) is 11.4. The number of anilines is 3. The van der Waals surface area contributed by atoms with Gasteiger partial charge in [0.15, 0.2) is 0 Å². The molecule has 1 aliphatic rings. The van der Waals surface area contributed by atoms with E-state index in [0.29, 0.717) is 22.7 Å². The third kappa shape index (κ3) is 5.23. The first-order valence-electron chi connectivity index (χ1n) is 10.1. The van der Waals surface area contributed by atoms with Crippen molar-refractivity contribution in [3.8, 4) is 0 Å². The Morgan fingerprint density at radius 2 is 1.97 bits per heavy atom. The van der Waals surface area contributed by atoms with E-state index in [1.54, 1.807) is 0 Å². The quantitative estimate of drug-likeness (QED) is 0.478. The number of thioether (sulfide) groups is 1. The summed E-state index contributed by atoms with van der Waals surface area (Å²) in [6, 6.07) is 8.09. The Balaban J connectivity index is 1.39. The van der Waals surface area contributed by atoms with Crippen molar-refractivity contribution in [1.29, 1.82) is 0 Å². The average molecular weight is 411 g/mol. The van der Waals surface area contributed by atoms with Crippen LogP contribution in [0.15, 0.2) is 29.4 Å². The molecule has 1 aromatic carbocycles. The molecule has 0 atom stereocenters. The standard InChI is InChI=1S/C20H26N8S/c1-2-14-9-5-6-10-15(14)22-19-24-17(23-18(21)26-19)12-29-20-25-16(27-28-20)11-13-7-3-4-8-13/h5-6,9-10,13H,2-4,7-8,11-12H2,1H3,(H,25,27,28)(H3,21,22,23,24,26). The predicted octanol–water partition coefficient (Wildman–Crippen LogP) is 3.90. The average Bonchev–Trinajstić information content (AvgIpc) is 3.39. The minimum absolute atomic E-state index is 0.198. The molecule has 3 aromatic rings. The first-order chi connectivity index (χ1) is 14.2. The lowest BCUT2D eigenvalue weighted by Gasteiger charge is -2.10. The van der Waals surface area contributed by atoms with Crippen molar-refractivity contribution in [2.45, 2.75) is 56.4 Å². The number of hydrogen-bond acceptors (Lipinski definition) is 8. The van der Waals surface area contributed by atoms with E-state index in [-0.39, 0.29) is 5.95 Å². The van der Waals surface area contributed by atoms with Crippen molar-refractivity contribution < 1.29 is 0 Å². The zero-order chi connectivity index (χ0) is 20.1. The fourth-order valence-electron chi connectivity index (χ4n) is 3.68. The maximum Gasteiger partial charge on any atom is 0.232 e. The van der Waals surface area contributed by atoms with Crippen molar-refractivity contribution in [1.82, 2.24) is 30.1 Å². The largest absolute Gasteiger partial charge is 0.368 e. The number of nitrogen functional groups attached to an aromatic ring is 1. The Hall–Kier alpha value is -2.68. The van der Waals surface area contributed by atoms with Crippen molar-refractivity contribution in [3.05, 3.63) is 41.5 Å². The summed E-state index contributed by atoms with van der Waals surface area (Å²) < 4.78 is 0. The third-order valence-corrected chi connectivity index (χ3v) is 5.99. The summed E-state index contributed by atoms with van der Waals surface area (Å²) in [6.07, 6.45) is 7.16. The summed E-state index contributed by atoms with van der Waals surface area (Å²) in [4.78, 5) is 17.6. The van der Waals surface area contributed by atoms with Crippen molar-refractivity contribution >= 4 is 29.3 Å². The van der Waals surface area contributed by atoms with E-state index in [0.717, 1.165) is 30.3 Å². The number of benzene rings is 1. The van der Waals surface area contributed by atoms with E-state index >= 15 is 0 Å². The van der Waals surface area contributed by atoms with Gasteiger partial charge in [-0.05, 0) is 24.0 Å². The Morgan fingerprint density at radius 3 is 2.79 bits per heavy atom. The van der Waals surface area contributed by atoms with Crippen LogP contribution in [-0.2, 0) is 18.6 Å². The highest BCUT2D eigenvalue weighted by molar-refractivity contribution is 7.98. The minimum atomic E-state index is 0.198. The molecule has 29 heavy (non-hydrogen) atoms. The van der Waals surface area contributed by atoms with Crippen LogP contribution in [0.2, 0.25) is 0 Å². The van der Waals surface area contributed by atoms with Gasteiger partial charge in [-0.2, -0.15) is 15.0 Å². The second kappa shape index (κ2) is 9.21. The Labute approximate surface area is 174 Å². The molecule has 1 saturated carbocycles. The summed E-state index contributed by atoms with van der Waals surface area (Å²) in [7, 11) is 0. The number of para-hydroxylation sites is 1. The molecule has 0 aliphatic heterocycles. The highest BCUT2D eigenvalue weighted by Gasteiger charge is 2.17. The van der Waals surface area contributed by atoms with Crippen molar-refractivity contribution in [2.75, 3.05) is 11.1 Å². The number of aromatic nitrogens is 6. The predicted molar refractivity (Wildman–Crippen MR) is 115 cm³/mol. The molecule has 1 aliphatic carbocycles. The summed E-state index contributed by atoms with van der Waals surface area (Å²) in [5.41, 5.74) is 8.07. The molecule has 0 radical (unpaired) electrons. The van der Waals surface area contributed by atoms with Gasteiger partial charge in [0.25, 0.3) is 0 Å². The fraction of sp³-hybridized carbons (Fsp3) is 0.450. The number of nitrogens with zero attached hydrogens (tertiary/aromatic N) is 5. The van der Waals surface area contributed by atoms with Gasteiger partial charge in [-0.15, -0.1) is 5.10 Å². The van der Waals surface area contributed by atoms with Gasteiger partial charge < -0.3 is 11.1 Å². The molecular weight excluding hydrogens is 384 g/mol. The number of rotatable bonds is 8. The molecule has 0 unspecified atom stereocenters. The lowest BCUT2D eigenvalue weighted by Crippen LogP contribution is -2.07. The van der Waals surface area contributed by atoms with Crippen LogP contribution >= 0.6 is 11.8 Å². The first kappa shape index (κ1) is 19.6. The summed E-state index contributed by atoms with van der Waals surface area (Å²) >= 11 is 1.49.